The maximum absolute atomic E-state index is 13.3. The Kier molecular flexibility index (Phi) is 5.75. The lowest BCUT2D eigenvalue weighted by Gasteiger charge is -2.25. The molecular weight excluding hydrogens is 439 g/mol. The molecule has 2 heterocycles. The molecule has 8 heteroatoms. The van der Waals surface area contributed by atoms with E-state index in [-0.39, 0.29) is 23.4 Å². The number of carbonyl (C=O) groups is 2. The lowest BCUT2D eigenvalue weighted by atomic mass is 10.1. The van der Waals surface area contributed by atoms with Gasteiger partial charge in [-0.25, -0.2) is 14.3 Å². The van der Waals surface area contributed by atoms with Crippen molar-refractivity contribution in [2.24, 2.45) is 9.98 Å². The highest BCUT2D eigenvalue weighted by Crippen LogP contribution is 2.34. The topological polar surface area (TPSA) is 74.1 Å². The van der Waals surface area contributed by atoms with Gasteiger partial charge in [0.2, 0.25) is 5.91 Å². The van der Waals surface area contributed by atoms with E-state index in [1.807, 2.05) is 54.6 Å². The predicted octanol–water partition coefficient (Wildman–Crippen LogP) is 4.40. The molecule has 2 aliphatic rings. The van der Waals surface area contributed by atoms with Gasteiger partial charge in [-0.1, -0.05) is 54.2 Å². The Labute approximate surface area is 194 Å². The van der Waals surface area contributed by atoms with Gasteiger partial charge in [0.25, 0.3) is 5.91 Å². The van der Waals surface area contributed by atoms with Crippen LogP contribution in [0.2, 0.25) is 0 Å². The van der Waals surface area contributed by atoms with Crippen molar-refractivity contribution in [3.05, 3.63) is 95.8 Å². The number of fused-ring (bicyclic) bond motifs is 3. The van der Waals surface area contributed by atoms with E-state index in [1.54, 1.807) is 0 Å². The van der Waals surface area contributed by atoms with Crippen molar-refractivity contribution in [1.82, 2.24) is 4.90 Å². The van der Waals surface area contributed by atoms with Crippen LogP contribution in [0.5, 0.6) is 0 Å². The number of carbonyl (C=O) groups excluding carboxylic acids is 2. The van der Waals surface area contributed by atoms with Crippen molar-refractivity contribution in [3.63, 3.8) is 0 Å². The summed E-state index contributed by atoms with van der Waals surface area (Å²) in [7, 11) is 0. The van der Waals surface area contributed by atoms with Gasteiger partial charge in [0.15, 0.2) is 5.17 Å². The minimum Gasteiger partial charge on any atom is -0.325 e. The van der Waals surface area contributed by atoms with Crippen LogP contribution in [-0.2, 0) is 16.0 Å². The highest BCUT2D eigenvalue weighted by Gasteiger charge is 2.41. The smallest absolute Gasteiger partial charge is 0.259 e. The van der Waals surface area contributed by atoms with E-state index in [0.717, 1.165) is 11.1 Å². The zero-order valence-corrected chi connectivity index (χ0v) is 18.3. The standard InChI is InChI=1S/C25H19FN4O2S/c26-17-10-12-18(13-11-17)27-22(31)15-33-25-29-20-9-5-4-8-19(20)23-28-21(24(32)30(23)25)14-16-6-2-1-3-7-16/h1-13,21H,14-15H2,(H,27,31). The molecule has 0 saturated heterocycles. The van der Waals surface area contributed by atoms with E-state index in [9.17, 15) is 14.0 Å². The molecule has 2 aliphatic heterocycles. The van der Waals surface area contributed by atoms with Crippen LogP contribution in [0.4, 0.5) is 15.8 Å². The van der Waals surface area contributed by atoms with E-state index in [4.69, 9.17) is 4.99 Å². The highest BCUT2D eigenvalue weighted by atomic mass is 32.2. The average Bonchev–Trinajstić information content (AvgIpc) is 3.16. The van der Waals surface area contributed by atoms with Gasteiger partial charge >= 0.3 is 0 Å². The van der Waals surface area contributed by atoms with E-state index in [1.165, 1.54) is 40.9 Å². The third-order valence-electron chi connectivity index (χ3n) is 5.28. The van der Waals surface area contributed by atoms with Gasteiger partial charge in [-0.3, -0.25) is 14.6 Å². The van der Waals surface area contributed by atoms with E-state index in [0.29, 0.717) is 28.8 Å². The van der Waals surface area contributed by atoms with Crippen LogP contribution < -0.4 is 5.32 Å². The average molecular weight is 459 g/mol. The number of para-hydroxylation sites is 1. The molecule has 1 atom stereocenters. The Bertz CT molecular complexity index is 1280. The maximum Gasteiger partial charge on any atom is 0.259 e. The quantitative estimate of drug-likeness (QED) is 0.616. The molecule has 1 N–H and O–H groups in total. The lowest BCUT2D eigenvalue weighted by molar-refractivity contribution is -0.124. The van der Waals surface area contributed by atoms with Crippen molar-refractivity contribution in [2.75, 3.05) is 11.1 Å². The molecule has 0 saturated carbocycles. The van der Waals surface area contributed by atoms with Crippen molar-refractivity contribution in [3.8, 4) is 0 Å². The third kappa shape index (κ3) is 4.42. The Morgan fingerprint density at radius 2 is 1.73 bits per heavy atom. The van der Waals surface area contributed by atoms with Crippen LogP contribution >= 0.6 is 11.8 Å². The number of amides is 2. The summed E-state index contributed by atoms with van der Waals surface area (Å²) in [4.78, 5) is 36.7. The second-order valence-electron chi connectivity index (χ2n) is 7.59. The van der Waals surface area contributed by atoms with Gasteiger partial charge in [0.05, 0.1) is 11.4 Å². The number of hydrogen-bond donors (Lipinski definition) is 1. The summed E-state index contributed by atoms with van der Waals surface area (Å²) >= 11 is 1.17. The molecule has 33 heavy (non-hydrogen) atoms. The van der Waals surface area contributed by atoms with Gasteiger partial charge in [-0.2, -0.15) is 0 Å². The fraction of sp³-hybridized carbons (Fsp3) is 0.120. The van der Waals surface area contributed by atoms with Crippen LogP contribution in [0.25, 0.3) is 0 Å². The minimum absolute atomic E-state index is 0.0405. The zero-order valence-electron chi connectivity index (χ0n) is 17.4. The Morgan fingerprint density at radius 1 is 1.00 bits per heavy atom. The first kappa shape index (κ1) is 21.1. The zero-order chi connectivity index (χ0) is 22.8. The van der Waals surface area contributed by atoms with Gasteiger partial charge in [-0.05, 0) is 42.0 Å². The summed E-state index contributed by atoms with van der Waals surface area (Å²) in [5, 5.41) is 3.14. The monoisotopic (exact) mass is 458 g/mol. The number of rotatable bonds is 5. The van der Waals surface area contributed by atoms with Gasteiger partial charge < -0.3 is 5.32 Å². The molecule has 3 aromatic rings. The minimum atomic E-state index is -0.549. The third-order valence-corrected chi connectivity index (χ3v) is 6.22. The predicted molar refractivity (Wildman–Crippen MR) is 128 cm³/mol. The van der Waals surface area contributed by atoms with Gasteiger partial charge in [0.1, 0.15) is 17.7 Å². The summed E-state index contributed by atoms with van der Waals surface area (Å²) in [6.07, 6.45) is 0.491. The van der Waals surface area contributed by atoms with Crippen LogP contribution in [-0.4, -0.2) is 39.5 Å². The Hall–Kier alpha value is -3.78. The summed E-state index contributed by atoms with van der Waals surface area (Å²) in [5.74, 6) is -0.207. The summed E-state index contributed by atoms with van der Waals surface area (Å²) in [6.45, 7) is 0. The molecule has 1 unspecified atom stereocenters. The number of aliphatic imine (C=N–C) groups is 2. The van der Waals surface area contributed by atoms with Crippen molar-refractivity contribution >= 4 is 46.0 Å². The molecule has 0 aliphatic carbocycles. The van der Waals surface area contributed by atoms with Crippen molar-refractivity contribution < 1.29 is 14.0 Å². The van der Waals surface area contributed by atoms with E-state index in [2.05, 4.69) is 10.3 Å². The molecule has 0 radical (unpaired) electrons. The van der Waals surface area contributed by atoms with Gasteiger partial charge in [0, 0.05) is 17.7 Å². The lowest BCUT2D eigenvalue weighted by Crippen LogP contribution is -2.41. The first-order valence-corrected chi connectivity index (χ1v) is 11.4. The Balaban J connectivity index is 1.36. The number of nitrogens with zero attached hydrogens (tertiary/aromatic N) is 3. The number of anilines is 1. The summed E-state index contributed by atoms with van der Waals surface area (Å²) in [6, 6.07) is 22.3. The molecule has 0 fully saturated rings. The van der Waals surface area contributed by atoms with Gasteiger partial charge in [-0.15, -0.1) is 0 Å². The van der Waals surface area contributed by atoms with Crippen LogP contribution in [0.1, 0.15) is 11.1 Å². The SMILES string of the molecule is O=C(CSC1=Nc2ccccc2C2=NC(Cc3ccccc3)C(=O)N12)Nc1ccc(F)cc1. The Morgan fingerprint density at radius 3 is 2.52 bits per heavy atom. The number of hydrogen-bond acceptors (Lipinski definition) is 5. The van der Waals surface area contributed by atoms with Crippen molar-refractivity contribution in [2.45, 2.75) is 12.5 Å². The first-order chi connectivity index (χ1) is 16.1. The largest absolute Gasteiger partial charge is 0.325 e. The van der Waals surface area contributed by atoms with Crippen LogP contribution in [0.15, 0.2) is 88.8 Å². The number of halogens is 1. The molecule has 0 spiro atoms. The summed E-state index contributed by atoms with van der Waals surface area (Å²) in [5.41, 5.74) is 3.03. The summed E-state index contributed by atoms with van der Waals surface area (Å²) < 4.78 is 13.1. The molecule has 164 valence electrons. The fourth-order valence-electron chi connectivity index (χ4n) is 3.73. The molecule has 3 aromatic carbocycles. The molecule has 2 amide bonds. The highest BCUT2D eigenvalue weighted by molar-refractivity contribution is 8.14. The van der Waals surface area contributed by atoms with E-state index >= 15 is 0 Å². The van der Waals surface area contributed by atoms with Crippen LogP contribution in [0.3, 0.4) is 0 Å². The normalized spacial score (nSPS) is 16.6. The molecule has 0 bridgehead atoms. The molecule has 5 rings (SSSR count). The number of benzene rings is 3. The molecule has 0 aromatic heterocycles. The first-order valence-electron chi connectivity index (χ1n) is 10.4. The number of thioether (sulfide) groups is 1. The van der Waals surface area contributed by atoms with Crippen LogP contribution in [0, 0.1) is 5.82 Å². The fourth-order valence-corrected chi connectivity index (χ4v) is 4.53. The second kappa shape index (κ2) is 8.99. The molecular formula is C25H19FN4O2S. The van der Waals surface area contributed by atoms with Crippen molar-refractivity contribution in [1.29, 1.82) is 0 Å². The number of nitrogens with one attached hydrogen (secondary N) is 1. The van der Waals surface area contributed by atoms with E-state index < -0.39 is 6.04 Å². The number of amidine groups is 2. The molecule has 6 nitrogen and oxygen atoms in total. The maximum atomic E-state index is 13.3. The second-order valence-corrected chi connectivity index (χ2v) is 8.53.